The summed E-state index contributed by atoms with van der Waals surface area (Å²) < 4.78 is 8.23. The Labute approximate surface area is 144 Å². The van der Waals surface area contributed by atoms with E-state index in [1.807, 2.05) is 13.8 Å². The fraction of sp³-hybridized carbons (Fsp3) is 0.643. The molecule has 1 aliphatic heterocycles. The van der Waals surface area contributed by atoms with Crippen LogP contribution in [0.2, 0.25) is 0 Å². The molecule has 105 valence electrons. The predicted octanol–water partition coefficient (Wildman–Crippen LogP) is 2.57. The van der Waals surface area contributed by atoms with Crippen LogP contribution in [-0.2, 0) is 37.4 Å². The summed E-state index contributed by atoms with van der Waals surface area (Å²) in [5.41, 5.74) is 2.55. The van der Waals surface area contributed by atoms with Crippen molar-refractivity contribution in [2.24, 2.45) is 5.92 Å². The van der Waals surface area contributed by atoms with Gasteiger partial charge < -0.3 is 19.3 Å². The SMILES string of the molecule is CC[C@@H]1O[C@H](n2c(C)nc3c(C)n[c-]nc32)C[C@@H]1C.[Y]. The van der Waals surface area contributed by atoms with E-state index in [-0.39, 0.29) is 38.9 Å². The number of aromatic nitrogens is 4. The van der Waals surface area contributed by atoms with E-state index in [9.17, 15) is 0 Å². The van der Waals surface area contributed by atoms with Gasteiger partial charge in [-0.3, -0.25) is 4.98 Å². The first-order valence-electron chi connectivity index (χ1n) is 6.86. The second kappa shape index (κ2) is 6.16. The van der Waals surface area contributed by atoms with Crippen molar-refractivity contribution < 1.29 is 37.4 Å². The molecule has 2 aromatic heterocycles. The van der Waals surface area contributed by atoms with E-state index in [4.69, 9.17) is 4.74 Å². The van der Waals surface area contributed by atoms with Gasteiger partial charge in [0.15, 0.2) is 0 Å². The molecule has 1 fully saturated rings. The topological polar surface area (TPSA) is 52.8 Å². The minimum absolute atomic E-state index is 0. The molecule has 3 heterocycles. The van der Waals surface area contributed by atoms with E-state index < -0.39 is 0 Å². The van der Waals surface area contributed by atoms with Gasteiger partial charge in [-0.2, -0.15) is 0 Å². The van der Waals surface area contributed by atoms with Gasteiger partial charge in [0.1, 0.15) is 6.23 Å². The molecule has 2 aromatic rings. The Morgan fingerprint density at radius 1 is 1.35 bits per heavy atom. The molecule has 3 rings (SSSR count). The molecule has 20 heavy (non-hydrogen) atoms. The van der Waals surface area contributed by atoms with Crippen LogP contribution in [0.15, 0.2) is 0 Å². The Kier molecular flexibility index (Phi) is 4.93. The zero-order valence-corrected chi connectivity index (χ0v) is 15.3. The van der Waals surface area contributed by atoms with Crippen molar-refractivity contribution in [2.75, 3.05) is 0 Å². The number of hydrogen-bond acceptors (Lipinski definition) is 4. The van der Waals surface area contributed by atoms with Crippen LogP contribution in [-0.4, -0.2) is 25.6 Å². The molecule has 0 amide bonds. The van der Waals surface area contributed by atoms with E-state index in [0.29, 0.717) is 12.0 Å². The monoisotopic (exact) mass is 348 g/mol. The number of imidazole rings is 1. The number of hydrogen-bond donors (Lipinski definition) is 0. The van der Waals surface area contributed by atoms with Crippen LogP contribution in [0.1, 0.15) is 44.4 Å². The van der Waals surface area contributed by atoms with E-state index in [2.05, 4.69) is 39.7 Å². The molecule has 3 atom stereocenters. The number of aryl methyl sites for hydroxylation is 2. The standard InChI is InChI=1S/C14H19N4O.Y/c1-5-11-8(2)6-12(19-11)18-10(4)17-13-9(3)15-7-16-14(13)18;/h8,11-12H,5-6H2,1-4H3;/q-1;/t8-,11-,12-;/m0./s1. The first-order valence-corrected chi connectivity index (χ1v) is 6.86. The van der Waals surface area contributed by atoms with Gasteiger partial charge in [-0.25, -0.2) is 0 Å². The summed E-state index contributed by atoms with van der Waals surface area (Å²) in [6.07, 6.45) is 5.12. The summed E-state index contributed by atoms with van der Waals surface area (Å²) in [5, 5.41) is 0. The average Bonchev–Trinajstić information content (AvgIpc) is 2.90. The zero-order valence-electron chi connectivity index (χ0n) is 12.4. The third-order valence-electron chi connectivity index (χ3n) is 4.01. The Hall–Kier alpha value is -0.386. The fourth-order valence-corrected chi connectivity index (χ4v) is 2.95. The molecule has 0 unspecified atom stereocenters. The number of nitrogens with zero attached hydrogens (tertiary/aromatic N) is 4. The van der Waals surface area contributed by atoms with Gasteiger partial charge in [0.25, 0.3) is 0 Å². The van der Waals surface area contributed by atoms with Crippen LogP contribution >= 0.6 is 0 Å². The summed E-state index contributed by atoms with van der Waals surface area (Å²) >= 11 is 0. The molecular weight excluding hydrogens is 329 g/mol. The smallest absolute Gasteiger partial charge is 0.126 e. The maximum Gasteiger partial charge on any atom is 0.126 e. The summed E-state index contributed by atoms with van der Waals surface area (Å²) in [7, 11) is 0. The molecule has 0 N–H and O–H groups in total. The summed E-state index contributed by atoms with van der Waals surface area (Å²) in [5.74, 6) is 1.50. The van der Waals surface area contributed by atoms with Crippen LogP contribution in [0.5, 0.6) is 0 Å². The number of ether oxygens (including phenoxy) is 1. The third-order valence-corrected chi connectivity index (χ3v) is 4.01. The van der Waals surface area contributed by atoms with Crippen LogP contribution < -0.4 is 0 Å². The normalized spacial score (nSPS) is 25.9. The largest absolute Gasteiger partial charge is 0.369 e. The minimum atomic E-state index is 0. The van der Waals surface area contributed by atoms with Gasteiger partial charge in [0.2, 0.25) is 0 Å². The van der Waals surface area contributed by atoms with E-state index in [1.54, 1.807) is 0 Å². The van der Waals surface area contributed by atoms with E-state index in [1.165, 1.54) is 0 Å². The molecule has 0 spiro atoms. The fourth-order valence-electron chi connectivity index (χ4n) is 2.95. The van der Waals surface area contributed by atoms with Crippen molar-refractivity contribution in [2.45, 2.75) is 52.9 Å². The quantitative estimate of drug-likeness (QED) is 0.783. The van der Waals surface area contributed by atoms with Crippen LogP contribution in [0.25, 0.3) is 11.2 Å². The molecule has 0 saturated carbocycles. The molecule has 5 nitrogen and oxygen atoms in total. The predicted molar refractivity (Wildman–Crippen MR) is 71.6 cm³/mol. The molecule has 6 heteroatoms. The van der Waals surface area contributed by atoms with Crippen LogP contribution in [0.4, 0.5) is 0 Å². The van der Waals surface area contributed by atoms with Gasteiger partial charge in [-0.1, -0.05) is 20.8 Å². The summed E-state index contributed by atoms with van der Waals surface area (Å²) in [6, 6.07) is 0. The van der Waals surface area contributed by atoms with Crippen molar-refractivity contribution in [3.8, 4) is 0 Å². The van der Waals surface area contributed by atoms with Gasteiger partial charge >= 0.3 is 0 Å². The zero-order chi connectivity index (χ0) is 13.6. The third kappa shape index (κ3) is 2.56. The number of rotatable bonds is 2. The molecule has 1 radical (unpaired) electrons. The van der Waals surface area contributed by atoms with Crippen molar-refractivity contribution >= 4 is 11.2 Å². The van der Waals surface area contributed by atoms with Gasteiger partial charge in [-0.05, 0) is 31.4 Å². The Morgan fingerprint density at radius 3 is 2.75 bits per heavy atom. The number of fused-ring (bicyclic) bond motifs is 1. The van der Waals surface area contributed by atoms with Crippen molar-refractivity contribution in [1.29, 1.82) is 0 Å². The summed E-state index contributed by atoms with van der Waals surface area (Å²) in [4.78, 5) is 12.9. The maximum absolute atomic E-state index is 6.14. The second-order valence-corrected chi connectivity index (χ2v) is 5.36. The first kappa shape index (κ1) is 16.0. The Balaban J connectivity index is 0.00000147. The van der Waals surface area contributed by atoms with Crippen LogP contribution in [0, 0.1) is 26.1 Å². The van der Waals surface area contributed by atoms with E-state index >= 15 is 0 Å². The second-order valence-electron chi connectivity index (χ2n) is 5.36. The molecule has 0 bridgehead atoms. The average molecular weight is 348 g/mol. The van der Waals surface area contributed by atoms with Gasteiger partial charge in [0, 0.05) is 44.6 Å². The van der Waals surface area contributed by atoms with Crippen molar-refractivity contribution in [3.63, 3.8) is 0 Å². The molecule has 1 saturated heterocycles. The molecule has 1 aliphatic rings. The first-order chi connectivity index (χ1) is 9.11. The van der Waals surface area contributed by atoms with Crippen molar-refractivity contribution in [1.82, 2.24) is 19.5 Å². The van der Waals surface area contributed by atoms with Crippen molar-refractivity contribution in [3.05, 3.63) is 17.8 Å². The molecular formula is C14H19N4OY-. The van der Waals surface area contributed by atoms with E-state index in [0.717, 1.165) is 35.5 Å². The van der Waals surface area contributed by atoms with Gasteiger partial charge in [-0.15, -0.1) is 0 Å². The molecule has 0 aromatic carbocycles. The Bertz CT molecular complexity index is 612. The minimum Gasteiger partial charge on any atom is -0.369 e. The van der Waals surface area contributed by atoms with Crippen LogP contribution in [0.3, 0.4) is 0 Å². The maximum atomic E-state index is 6.14. The Morgan fingerprint density at radius 2 is 2.10 bits per heavy atom. The summed E-state index contributed by atoms with van der Waals surface area (Å²) in [6.45, 7) is 8.34. The van der Waals surface area contributed by atoms with Gasteiger partial charge in [0.05, 0.1) is 17.6 Å². The molecule has 0 aliphatic carbocycles.